The lowest BCUT2D eigenvalue weighted by Crippen LogP contribution is -2.41. The molecule has 38 heavy (non-hydrogen) atoms. The summed E-state index contributed by atoms with van der Waals surface area (Å²) in [5.41, 5.74) is 1.37. The van der Waals surface area contributed by atoms with E-state index in [1.165, 1.54) is 0 Å². The number of carbonyl (C=O) groups is 2. The van der Waals surface area contributed by atoms with Crippen molar-refractivity contribution in [2.75, 3.05) is 32.6 Å². The first-order valence-corrected chi connectivity index (χ1v) is 12.7. The van der Waals surface area contributed by atoms with E-state index in [0.29, 0.717) is 53.9 Å². The monoisotopic (exact) mass is 521 g/mol. The predicted molar refractivity (Wildman–Crippen MR) is 143 cm³/mol. The van der Waals surface area contributed by atoms with Crippen molar-refractivity contribution in [3.8, 4) is 22.9 Å². The number of carbonyl (C=O) groups excluding carboxylic acids is 2. The molecule has 202 valence electrons. The van der Waals surface area contributed by atoms with E-state index < -0.39 is 0 Å². The number of piperidine rings is 1. The fourth-order valence-electron chi connectivity index (χ4n) is 4.39. The van der Waals surface area contributed by atoms with Gasteiger partial charge in [-0.2, -0.15) is 4.98 Å². The van der Waals surface area contributed by atoms with Crippen LogP contribution in [0.5, 0.6) is 11.5 Å². The number of para-hydroxylation sites is 1. The third-order valence-electron chi connectivity index (χ3n) is 6.35. The third-order valence-corrected chi connectivity index (χ3v) is 6.35. The molecule has 1 aliphatic rings. The third kappa shape index (κ3) is 6.69. The molecule has 0 bridgehead atoms. The smallest absolute Gasteiger partial charge is 0.253 e. The summed E-state index contributed by atoms with van der Waals surface area (Å²) < 4.78 is 16.1. The van der Waals surface area contributed by atoms with E-state index in [1.807, 2.05) is 39.0 Å². The van der Waals surface area contributed by atoms with Crippen molar-refractivity contribution < 1.29 is 23.6 Å². The molecule has 1 aliphatic heterocycles. The van der Waals surface area contributed by atoms with Crippen LogP contribution in [0, 0.1) is 5.92 Å². The minimum atomic E-state index is -0.373. The predicted octanol–water partition coefficient (Wildman–Crippen LogP) is 4.13. The van der Waals surface area contributed by atoms with Gasteiger partial charge in [-0.15, -0.1) is 0 Å². The second-order valence-electron chi connectivity index (χ2n) is 10.4. The SMILES string of the molecule is COc1ccc(-c2noc(CN3CCC(C(=O)Nc4ccccc4C(=O)NC(C)(C)C)CC3)n2)cc1OC. The van der Waals surface area contributed by atoms with Crippen LogP contribution in [0.3, 0.4) is 0 Å². The quantitative estimate of drug-likeness (QED) is 0.454. The van der Waals surface area contributed by atoms with Crippen LogP contribution in [0.2, 0.25) is 0 Å². The van der Waals surface area contributed by atoms with E-state index in [-0.39, 0.29) is 23.3 Å². The number of ether oxygens (including phenoxy) is 2. The Hall–Kier alpha value is -3.92. The highest BCUT2D eigenvalue weighted by Gasteiger charge is 2.27. The molecule has 4 rings (SSSR count). The molecule has 0 aliphatic carbocycles. The lowest BCUT2D eigenvalue weighted by atomic mass is 9.95. The maximum Gasteiger partial charge on any atom is 0.253 e. The molecular weight excluding hydrogens is 486 g/mol. The van der Waals surface area contributed by atoms with Gasteiger partial charge in [-0.25, -0.2) is 0 Å². The lowest BCUT2D eigenvalue weighted by molar-refractivity contribution is -0.121. The van der Waals surface area contributed by atoms with E-state index in [1.54, 1.807) is 38.5 Å². The number of aromatic nitrogens is 2. The normalized spacial score (nSPS) is 14.7. The Bertz CT molecular complexity index is 1270. The van der Waals surface area contributed by atoms with Gasteiger partial charge in [-0.05, 0) is 77.0 Å². The Kier molecular flexibility index (Phi) is 8.31. The van der Waals surface area contributed by atoms with Crippen molar-refractivity contribution in [1.29, 1.82) is 0 Å². The Morgan fingerprint density at radius 1 is 1.05 bits per heavy atom. The van der Waals surface area contributed by atoms with E-state index in [2.05, 4.69) is 25.7 Å². The highest BCUT2D eigenvalue weighted by molar-refractivity contribution is 6.04. The topological polar surface area (TPSA) is 119 Å². The summed E-state index contributed by atoms with van der Waals surface area (Å²) in [6.07, 6.45) is 1.39. The second-order valence-corrected chi connectivity index (χ2v) is 10.4. The first-order chi connectivity index (χ1) is 18.2. The number of benzene rings is 2. The van der Waals surface area contributed by atoms with Gasteiger partial charge < -0.3 is 24.6 Å². The van der Waals surface area contributed by atoms with E-state index in [0.717, 1.165) is 18.7 Å². The molecule has 2 N–H and O–H groups in total. The first kappa shape index (κ1) is 27.1. The molecule has 3 aromatic rings. The van der Waals surface area contributed by atoms with Crippen LogP contribution in [0.1, 0.15) is 49.9 Å². The number of hydrogen-bond donors (Lipinski definition) is 2. The highest BCUT2D eigenvalue weighted by Crippen LogP contribution is 2.31. The van der Waals surface area contributed by atoms with Crippen LogP contribution in [0.15, 0.2) is 47.0 Å². The Balaban J connectivity index is 1.32. The molecular formula is C28H35N5O5. The van der Waals surface area contributed by atoms with Crippen LogP contribution in [-0.4, -0.2) is 59.7 Å². The number of nitrogens with zero attached hydrogens (tertiary/aromatic N) is 3. The summed E-state index contributed by atoms with van der Waals surface area (Å²) in [5.74, 6) is 1.78. The Morgan fingerprint density at radius 3 is 2.45 bits per heavy atom. The Morgan fingerprint density at radius 2 is 1.76 bits per heavy atom. The number of rotatable bonds is 8. The molecule has 0 saturated carbocycles. The average molecular weight is 522 g/mol. The minimum Gasteiger partial charge on any atom is -0.493 e. The fraction of sp³-hybridized carbons (Fsp3) is 0.429. The van der Waals surface area contributed by atoms with Crippen molar-refractivity contribution in [3.05, 3.63) is 53.9 Å². The number of methoxy groups -OCH3 is 2. The van der Waals surface area contributed by atoms with Crippen LogP contribution < -0.4 is 20.1 Å². The maximum absolute atomic E-state index is 13.0. The van der Waals surface area contributed by atoms with Gasteiger partial charge >= 0.3 is 0 Å². The minimum absolute atomic E-state index is 0.0748. The molecule has 1 fully saturated rings. The van der Waals surface area contributed by atoms with E-state index >= 15 is 0 Å². The molecule has 2 heterocycles. The van der Waals surface area contributed by atoms with E-state index in [9.17, 15) is 9.59 Å². The molecule has 2 aromatic carbocycles. The summed E-state index contributed by atoms with van der Waals surface area (Å²) in [4.78, 5) is 32.5. The van der Waals surface area contributed by atoms with Gasteiger partial charge in [0, 0.05) is 17.0 Å². The van der Waals surface area contributed by atoms with Crippen LogP contribution in [0.4, 0.5) is 5.69 Å². The molecule has 10 heteroatoms. The lowest BCUT2D eigenvalue weighted by Gasteiger charge is -2.30. The molecule has 10 nitrogen and oxygen atoms in total. The van der Waals surface area contributed by atoms with Gasteiger partial charge in [-0.1, -0.05) is 17.3 Å². The Labute approximate surface area is 222 Å². The average Bonchev–Trinajstić information content (AvgIpc) is 3.36. The largest absolute Gasteiger partial charge is 0.493 e. The zero-order chi connectivity index (χ0) is 27.3. The number of hydrogen-bond acceptors (Lipinski definition) is 8. The van der Waals surface area contributed by atoms with Gasteiger partial charge in [-0.3, -0.25) is 14.5 Å². The van der Waals surface area contributed by atoms with Crippen molar-refractivity contribution in [2.24, 2.45) is 5.92 Å². The van der Waals surface area contributed by atoms with Crippen molar-refractivity contribution in [3.63, 3.8) is 0 Å². The van der Waals surface area contributed by atoms with Gasteiger partial charge in [0.05, 0.1) is 32.0 Å². The number of amides is 2. The zero-order valence-corrected chi connectivity index (χ0v) is 22.5. The van der Waals surface area contributed by atoms with Gasteiger partial charge in [0.2, 0.25) is 17.6 Å². The molecule has 1 saturated heterocycles. The summed E-state index contributed by atoms with van der Waals surface area (Å²) in [6, 6.07) is 12.5. The van der Waals surface area contributed by atoms with E-state index in [4.69, 9.17) is 14.0 Å². The van der Waals surface area contributed by atoms with Crippen molar-refractivity contribution in [2.45, 2.75) is 45.7 Å². The highest BCUT2D eigenvalue weighted by atomic mass is 16.5. The van der Waals surface area contributed by atoms with Gasteiger partial charge in [0.15, 0.2) is 11.5 Å². The second kappa shape index (κ2) is 11.6. The summed E-state index contributed by atoms with van der Waals surface area (Å²) in [6.45, 7) is 7.71. The molecule has 0 unspecified atom stereocenters. The first-order valence-electron chi connectivity index (χ1n) is 12.7. The molecule has 0 spiro atoms. The number of likely N-dealkylation sites (tertiary alicyclic amines) is 1. The maximum atomic E-state index is 13.0. The van der Waals surface area contributed by atoms with Crippen molar-refractivity contribution >= 4 is 17.5 Å². The molecule has 2 amide bonds. The number of anilines is 1. The standard InChI is InChI=1S/C28H35N5O5/c1-28(2,3)31-27(35)20-8-6-7-9-21(20)29-26(34)18-12-14-33(15-13-18)17-24-30-25(32-38-24)19-10-11-22(36-4)23(16-19)37-5/h6-11,16,18H,12-15,17H2,1-5H3,(H,29,34)(H,31,35). The molecule has 1 aromatic heterocycles. The van der Waals surface area contributed by atoms with Crippen LogP contribution in [0.25, 0.3) is 11.4 Å². The van der Waals surface area contributed by atoms with Gasteiger partial charge in [0.1, 0.15) is 0 Å². The summed E-state index contributed by atoms with van der Waals surface area (Å²) >= 11 is 0. The zero-order valence-electron chi connectivity index (χ0n) is 22.5. The summed E-state index contributed by atoms with van der Waals surface area (Å²) in [5, 5.41) is 10.0. The summed E-state index contributed by atoms with van der Waals surface area (Å²) in [7, 11) is 3.16. The van der Waals surface area contributed by atoms with Crippen LogP contribution in [-0.2, 0) is 11.3 Å². The number of nitrogens with one attached hydrogen (secondary N) is 2. The van der Waals surface area contributed by atoms with Gasteiger partial charge in [0.25, 0.3) is 5.91 Å². The van der Waals surface area contributed by atoms with Crippen molar-refractivity contribution in [1.82, 2.24) is 20.4 Å². The molecule has 0 radical (unpaired) electrons. The molecule has 0 atom stereocenters. The van der Waals surface area contributed by atoms with Crippen LogP contribution >= 0.6 is 0 Å². The fourth-order valence-corrected chi connectivity index (χ4v) is 4.39.